The number of hydrogen-bond donors (Lipinski definition) is 1. The Hall–Kier alpha value is -2.04. The number of amides is 1. The molecule has 0 saturated carbocycles. The second-order valence-corrected chi connectivity index (χ2v) is 7.29. The smallest absolute Gasteiger partial charge is 0.271 e. The fraction of sp³-hybridized carbons (Fsp3) is 0.364. The van der Waals surface area contributed by atoms with Crippen molar-refractivity contribution in [2.24, 2.45) is 5.10 Å². The molecule has 0 heterocycles. The van der Waals surface area contributed by atoms with Crippen LogP contribution in [0.1, 0.15) is 61.4 Å². The first-order valence-electron chi connectivity index (χ1n) is 9.62. The number of halogens is 2. The lowest BCUT2D eigenvalue weighted by Gasteiger charge is -2.07. The lowest BCUT2D eigenvalue weighted by molar-refractivity contribution is 0.0955. The molecule has 150 valence electrons. The van der Waals surface area contributed by atoms with Gasteiger partial charge in [0, 0.05) is 11.1 Å². The van der Waals surface area contributed by atoms with Crippen molar-refractivity contribution in [1.29, 1.82) is 0 Å². The van der Waals surface area contributed by atoms with Crippen molar-refractivity contribution in [3.8, 4) is 5.75 Å². The SMILES string of the molecule is CCCCCCCCOc1ccc(C(=O)N/N=C\c2c(Cl)cccc2Cl)cc1. The molecule has 0 aromatic heterocycles. The van der Waals surface area contributed by atoms with Crippen molar-refractivity contribution in [2.45, 2.75) is 45.4 Å². The Balaban J connectivity index is 1.76. The van der Waals surface area contributed by atoms with E-state index in [9.17, 15) is 4.79 Å². The van der Waals surface area contributed by atoms with Crippen LogP contribution in [-0.2, 0) is 0 Å². The van der Waals surface area contributed by atoms with Gasteiger partial charge in [-0.2, -0.15) is 5.10 Å². The largest absolute Gasteiger partial charge is 0.494 e. The minimum atomic E-state index is -0.318. The van der Waals surface area contributed by atoms with Crippen molar-refractivity contribution in [2.75, 3.05) is 6.61 Å². The molecule has 1 amide bonds. The number of nitrogens with zero attached hydrogens (tertiary/aromatic N) is 1. The third kappa shape index (κ3) is 7.53. The highest BCUT2D eigenvalue weighted by Crippen LogP contribution is 2.22. The highest BCUT2D eigenvalue weighted by molar-refractivity contribution is 6.38. The predicted molar refractivity (Wildman–Crippen MR) is 117 cm³/mol. The molecule has 0 saturated heterocycles. The molecule has 28 heavy (non-hydrogen) atoms. The summed E-state index contributed by atoms with van der Waals surface area (Å²) in [7, 11) is 0. The van der Waals surface area contributed by atoms with Gasteiger partial charge < -0.3 is 4.74 Å². The number of carbonyl (C=O) groups is 1. The van der Waals surface area contributed by atoms with E-state index in [1.54, 1.807) is 42.5 Å². The third-order valence-corrected chi connectivity index (χ3v) is 4.90. The van der Waals surface area contributed by atoms with Gasteiger partial charge >= 0.3 is 0 Å². The molecule has 4 nitrogen and oxygen atoms in total. The van der Waals surface area contributed by atoms with E-state index >= 15 is 0 Å². The van der Waals surface area contributed by atoms with E-state index in [-0.39, 0.29) is 5.91 Å². The highest BCUT2D eigenvalue weighted by atomic mass is 35.5. The van der Waals surface area contributed by atoms with E-state index < -0.39 is 0 Å². The average Bonchev–Trinajstić information content (AvgIpc) is 2.70. The van der Waals surface area contributed by atoms with E-state index in [0.717, 1.165) is 12.2 Å². The van der Waals surface area contributed by atoms with Gasteiger partial charge in [-0.25, -0.2) is 5.43 Å². The summed E-state index contributed by atoms with van der Waals surface area (Å²) >= 11 is 12.1. The van der Waals surface area contributed by atoms with E-state index in [2.05, 4.69) is 17.5 Å². The first-order valence-corrected chi connectivity index (χ1v) is 10.4. The number of rotatable bonds is 11. The molecule has 2 rings (SSSR count). The molecular weight excluding hydrogens is 395 g/mol. The fourth-order valence-corrected chi connectivity index (χ4v) is 3.12. The Bertz CT molecular complexity index is 756. The lowest BCUT2D eigenvalue weighted by Crippen LogP contribution is -2.17. The highest BCUT2D eigenvalue weighted by Gasteiger charge is 2.06. The number of ether oxygens (including phenoxy) is 1. The molecule has 6 heteroatoms. The molecule has 0 bridgehead atoms. The summed E-state index contributed by atoms with van der Waals surface area (Å²) < 4.78 is 5.72. The molecular formula is C22H26Cl2N2O2. The van der Waals surface area contributed by atoms with Gasteiger partial charge in [0.05, 0.1) is 22.9 Å². The number of nitrogens with one attached hydrogen (secondary N) is 1. The molecule has 1 N–H and O–H groups in total. The Kier molecular flexibility index (Phi) is 9.87. The molecule has 0 unspecified atom stereocenters. The van der Waals surface area contributed by atoms with Gasteiger partial charge in [-0.05, 0) is 42.8 Å². The Morgan fingerprint density at radius 2 is 1.64 bits per heavy atom. The van der Waals surface area contributed by atoms with E-state index in [4.69, 9.17) is 27.9 Å². The zero-order valence-electron chi connectivity index (χ0n) is 16.1. The second-order valence-electron chi connectivity index (χ2n) is 6.48. The molecule has 0 radical (unpaired) electrons. The van der Waals surface area contributed by atoms with Gasteiger partial charge in [0.15, 0.2) is 0 Å². The predicted octanol–water partition coefficient (Wildman–Crippen LogP) is 6.50. The summed E-state index contributed by atoms with van der Waals surface area (Å²) in [6, 6.07) is 12.2. The fourth-order valence-electron chi connectivity index (χ4n) is 2.63. The summed E-state index contributed by atoms with van der Waals surface area (Å²) in [5.74, 6) is 0.443. The minimum Gasteiger partial charge on any atom is -0.494 e. The quantitative estimate of drug-likeness (QED) is 0.256. The Labute approximate surface area is 176 Å². The van der Waals surface area contributed by atoms with Gasteiger partial charge in [-0.15, -0.1) is 0 Å². The number of hydrazone groups is 1. The van der Waals surface area contributed by atoms with Crippen LogP contribution in [0, 0.1) is 0 Å². The van der Waals surface area contributed by atoms with Gasteiger partial charge in [-0.3, -0.25) is 4.79 Å². The van der Waals surface area contributed by atoms with Crippen LogP contribution >= 0.6 is 23.2 Å². The second kappa shape index (κ2) is 12.4. The number of benzene rings is 2. The van der Waals surface area contributed by atoms with Crippen LogP contribution < -0.4 is 10.2 Å². The van der Waals surface area contributed by atoms with Gasteiger partial charge in [0.25, 0.3) is 5.91 Å². The molecule has 0 atom stereocenters. The zero-order valence-corrected chi connectivity index (χ0v) is 17.6. The Morgan fingerprint density at radius 3 is 2.32 bits per heavy atom. The van der Waals surface area contributed by atoms with Crippen LogP contribution in [0.2, 0.25) is 10.0 Å². The average molecular weight is 421 g/mol. The minimum absolute atomic E-state index is 0.318. The number of carbonyl (C=O) groups excluding carboxylic acids is 1. The van der Waals surface area contributed by atoms with Crippen molar-refractivity contribution in [3.63, 3.8) is 0 Å². The standard InChI is InChI=1S/C22H26Cl2N2O2/c1-2-3-4-5-6-7-15-28-18-13-11-17(12-14-18)22(27)26-25-16-19-20(23)9-8-10-21(19)24/h8-14,16H,2-7,15H2,1H3,(H,26,27)/b25-16-. The summed E-state index contributed by atoms with van der Waals surface area (Å²) in [5, 5.41) is 4.87. The van der Waals surface area contributed by atoms with Gasteiger partial charge in [-0.1, -0.05) is 68.3 Å². The van der Waals surface area contributed by atoms with E-state index in [1.165, 1.54) is 38.3 Å². The topological polar surface area (TPSA) is 50.7 Å². The van der Waals surface area contributed by atoms with Crippen LogP contribution in [-0.4, -0.2) is 18.7 Å². The molecule has 0 spiro atoms. The van der Waals surface area contributed by atoms with Gasteiger partial charge in [0.2, 0.25) is 0 Å². The van der Waals surface area contributed by atoms with Crippen LogP contribution in [0.4, 0.5) is 0 Å². The first-order chi connectivity index (χ1) is 13.6. The maximum Gasteiger partial charge on any atom is 0.271 e. The van der Waals surface area contributed by atoms with E-state index in [1.807, 2.05) is 0 Å². The number of unbranched alkanes of at least 4 members (excludes halogenated alkanes) is 5. The number of hydrogen-bond acceptors (Lipinski definition) is 3. The summed E-state index contributed by atoms with van der Waals surface area (Å²) in [4.78, 5) is 12.2. The van der Waals surface area contributed by atoms with Crippen molar-refractivity contribution in [1.82, 2.24) is 5.43 Å². The van der Waals surface area contributed by atoms with Crippen molar-refractivity contribution < 1.29 is 9.53 Å². The molecule has 0 fully saturated rings. The summed E-state index contributed by atoms with van der Waals surface area (Å²) in [6.07, 6.45) is 8.79. The molecule has 0 aliphatic rings. The third-order valence-electron chi connectivity index (χ3n) is 4.24. The molecule has 2 aromatic rings. The van der Waals surface area contributed by atoms with Gasteiger partial charge in [0.1, 0.15) is 5.75 Å². The summed E-state index contributed by atoms with van der Waals surface area (Å²) in [5.41, 5.74) is 3.52. The van der Waals surface area contributed by atoms with E-state index in [0.29, 0.717) is 27.8 Å². The van der Waals surface area contributed by atoms with Crippen LogP contribution in [0.3, 0.4) is 0 Å². The van der Waals surface area contributed by atoms with Crippen LogP contribution in [0.25, 0.3) is 0 Å². The van der Waals surface area contributed by atoms with Crippen molar-refractivity contribution in [3.05, 3.63) is 63.6 Å². The first kappa shape index (κ1) is 22.3. The molecule has 2 aromatic carbocycles. The monoisotopic (exact) mass is 420 g/mol. The molecule has 0 aliphatic carbocycles. The zero-order chi connectivity index (χ0) is 20.2. The van der Waals surface area contributed by atoms with Crippen molar-refractivity contribution >= 4 is 35.3 Å². The normalized spacial score (nSPS) is 11.0. The maximum absolute atomic E-state index is 12.2. The van der Waals surface area contributed by atoms with Crippen LogP contribution in [0.5, 0.6) is 5.75 Å². The molecule has 0 aliphatic heterocycles. The lowest BCUT2D eigenvalue weighted by atomic mass is 10.1. The van der Waals surface area contributed by atoms with Crippen LogP contribution in [0.15, 0.2) is 47.6 Å². The Morgan fingerprint density at radius 1 is 1.00 bits per heavy atom. The summed E-state index contributed by atoms with van der Waals surface area (Å²) in [6.45, 7) is 2.91. The maximum atomic E-state index is 12.2.